The topological polar surface area (TPSA) is 80.0 Å². The molecule has 2 aliphatic rings. The SMILES string of the molecule is CC(C)n1nc(CN2CCC3(CC2)CC(c2ccc(C(=O)O)cc2)=NO3)c2c(-c3ccc(F)cc3)cccc21. The van der Waals surface area contributed by atoms with E-state index >= 15 is 0 Å². The molecule has 0 aliphatic carbocycles. The van der Waals surface area contributed by atoms with Crippen LogP contribution in [0.2, 0.25) is 0 Å². The minimum absolute atomic E-state index is 0.210. The highest BCUT2D eigenvalue weighted by Crippen LogP contribution is 2.38. The summed E-state index contributed by atoms with van der Waals surface area (Å²) in [5, 5.41) is 19.7. The largest absolute Gasteiger partial charge is 0.478 e. The lowest BCUT2D eigenvalue weighted by Gasteiger charge is -2.37. The highest BCUT2D eigenvalue weighted by atomic mass is 19.1. The molecule has 0 bridgehead atoms. The predicted molar refractivity (Wildman–Crippen MR) is 148 cm³/mol. The number of hydrogen-bond donors (Lipinski definition) is 1. The van der Waals surface area contributed by atoms with Gasteiger partial charge < -0.3 is 9.94 Å². The first kappa shape index (κ1) is 25.2. The summed E-state index contributed by atoms with van der Waals surface area (Å²) in [7, 11) is 0. The Bertz CT molecular complexity index is 1550. The fourth-order valence-corrected chi connectivity index (χ4v) is 5.72. The van der Waals surface area contributed by atoms with Crippen molar-refractivity contribution in [3.05, 3.63) is 89.4 Å². The van der Waals surface area contributed by atoms with Gasteiger partial charge in [-0.3, -0.25) is 9.58 Å². The van der Waals surface area contributed by atoms with Crippen molar-refractivity contribution in [1.29, 1.82) is 0 Å². The summed E-state index contributed by atoms with van der Waals surface area (Å²) < 4.78 is 15.7. The molecule has 1 saturated heterocycles. The molecule has 8 heteroatoms. The van der Waals surface area contributed by atoms with E-state index in [0.717, 1.165) is 71.5 Å². The highest BCUT2D eigenvalue weighted by molar-refractivity contribution is 6.02. The number of hydrogen-bond acceptors (Lipinski definition) is 5. The number of carbonyl (C=O) groups is 1. The fourth-order valence-electron chi connectivity index (χ4n) is 5.72. The number of carboxylic acids is 1. The highest BCUT2D eigenvalue weighted by Gasteiger charge is 2.42. The summed E-state index contributed by atoms with van der Waals surface area (Å²) in [5.41, 5.74) is 5.86. The van der Waals surface area contributed by atoms with Crippen LogP contribution in [-0.4, -0.2) is 50.2 Å². The van der Waals surface area contributed by atoms with Gasteiger partial charge in [0.2, 0.25) is 0 Å². The summed E-state index contributed by atoms with van der Waals surface area (Å²) in [6.07, 6.45) is 2.41. The molecule has 0 radical (unpaired) electrons. The number of halogens is 1. The van der Waals surface area contributed by atoms with Crippen LogP contribution >= 0.6 is 0 Å². The van der Waals surface area contributed by atoms with E-state index in [9.17, 15) is 9.18 Å². The van der Waals surface area contributed by atoms with E-state index in [2.05, 4.69) is 40.7 Å². The molecule has 1 fully saturated rings. The molecular formula is C31H31FN4O3. The van der Waals surface area contributed by atoms with Gasteiger partial charge in [0.05, 0.1) is 22.5 Å². The second kappa shape index (κ2) is 9.93. The van der Waals surface area contributed by atoms with Crippen LogP contribution in [-0.2, 0) is 11.4 Å². The molecule has 3 heterocycles. The van der Waals surface area contributed by atoms with Crippen LogP contribution in [0.3, 0.4) is 0 Å². The van der Waals surface area contributed by atoms with Crippen molar-refractivity contribution < 1.29 is 19.1 Å². The van der Waals surface area contributed by atoms with E-state index in [4.69, 9.17) is 15.0 Å². The maximum Gasteiger partial charge on any atom is 0.335 e. The lowest BCUT2D eigenvalue weighted by molar-refractivity contribution is -0.0628. The second-order valence-electron chi connectivity index (χ2n) is 10.8. The van der Waals surface area contributed by atoms with Crippen LogP contribution in [0.15, 0.2) is 71.9 Å². The zero-order valence-corrected chi connectivity index (χ0v) is 22.1. The summed E-state index contributed by atoms with van der Waals surface area (Å²) in [4.78, 5) is 19.6. The van der Waals surface area contributed by atoms with Crippen molar-refractivity contribution >= 4 is 22.6 Å². The van der Waals surface area contributed by atoms with Crippen LogP contribution in [0.4, 0.5) is 4.39 Å². The van der Waals surface area contributed by atoms with Crippen LogP contribution in [0.1, 0.15) is 60.8 Å². The van der Waals surface area contributed by atoms with E-state index < -0.39 is 5.97 Å². The summed E-state index contributed by atoms with van der Waals surface area (Å²) in [6.45, 7) is 6.70. The normalized spacial score (nSPS) is 17.1. The third-order valence-electron chi connectivity index (χ3n) is 7.90. The molecule has 39 heavy (non-hydrogen) atoms. The second-order valence-corrected chi connectivity index (χ2v) is 10.8. The standard InChI is InChI=1S/C31H31FN4O3/c1-20(2)36-28-5-3-4-25(21-10-12-24(32)13-11-21)29(28)27(33-36)19-35-16-14-31(15-17-35)18-26(34-39-31)22-6-8-23(9-7-22)30(37)38/h3-13,20H,14-19H2,1-2H3,(H,37,38). The number of aromatic nitrogens is 2. The van der Waals surface area contributed by atoms with Crippen LogP contribution in [0, 0.1) is 5.82 Å². The Morgan fingerprint density at radius 3 is 2.38 bits per heavy atom. The monoisotopic (exact) mass is 526 g/mol. The Hall–Kier alpha value is -4.04. The smallest absolute Gasteiger partial charge is 0.335 e. The number of fused-ring (bicyclic) bond motifs is 1. The third-order valence-corrected chi connectivity index (χ3v) is 7.90. The summed E-state index contributed by atoms with van der Waals surface area (Å²) in [5.74, 6) is -1.18. The van der Waals surface area contributed by atoms with Gasteiger partial charge in [-0.25, -0.2) is 9.18 Å². The van der Waals surface area contributed by atoms with Gasteiger partial charge in [0.1, 0.15) is 11.4 Å². The molecule has 0 amide bonds. The Kier molecular flexibility index (Phi) is 6.43. The molecule has 1 aromatic heterocycles. The number of oxime groups is 1. The van der Waals surface area contributed by atoms with Gasteiger partial charge in [-0.05, 0) is 60.9 Å². The van der Waals surface area contributed by atoms with E-state index in [1.54, 1.807) is 24.3 Å². The molecule has 0 saturated carbocycles. The van der Waals surface area contributed by atoms with Crippen molar-refractivity contribution in [2.75, 3.05) is 13.1 Å². The zero-order valence-electron chi connectivity index (χ0n) is 22.1. The van der Waals surface area contributed by atoms with Crippen LogP contribution in [0.25, 0.3) is 22.0 Å². The van der Waals surface area contributed by atoms with E-state index in [0.29, 0.717) is 6.42 Å². The number of piperidine rings is 1. The average molecular weight is 527 g/mol. The van der Waals surface area contributed by atoms with Gasteiger partial charge in [-0.1, -0.05) is 41.6 Å². The number of likely N-dealkylation sites (tertiary alicyclic amines) is 1. The fraction of sp³-hybridized carbons (Fsp3) is 0.323. The third kappa shape index (κ3) is 4.81. The predicted octanol–water partition coefficient (Wildman–Crippen LogP) is 6.28. The van der Waals surface area contributed by atoms with Crippen molar-refractivity contribution in [2.45, 2.75) is 51.3 Å². The van der Waals surface area contributed by atoms with Crippen molar-refractivity contribution in [1.82, 2.24) is 14.7 Å². The molecule has 4 aromatic rings. The number of aromatic carboxylic acids is 1. The molecule has 200 valence electrons. The Morgan fingerprint density at radius 1 is 1.03 bits per heavy atom. The zero-order chi connectivity index (χ0) is 27.1. The summed E-state index contributed by atoms with van der Waals surface area (Å²) >= 11 is 0. The van der Waals surface area contributed by atoms with Gasteiger partial charge in [0, 0.05) is 50.3 Å². The molecule has 0 unspecified atom stereocenters. The van der Waals surface area contributed by atoms with Crippen LogP contribution < -0.4 is 0 Å². The molecule has 1 N–H and O–H groups in total. The maximum atomic E-state index is 13.6. The van der Waals surface area contributed by atoms with Gasteiger partial charge in [0.15, 0.2) is 0 Å². The molecule has 6 rings (SSSR count). The Labute approximate surface area is 226 Å². The molecule has 0 atom stereocenters. The summed E-state index contributed by atoms with van der Waals surface area (Å²) in [6, 6.07) is 19.9. The minimum Gasteiger partial charge on any atom is -0.478 e. The first-order valence-electron chi connectivity index (χ1n) is 13.4. The van der Waals surface area contributed by atoms with Gasteiger partial charge in [0.25, 0.3) is 0 Å². The molecule has 1 spiro atoms. The Morgan fingerprint density at radius 2 is 1.72 bits per heavy atom. The molecule has 2 aliphatic heterocycles. The van der Waals surface area contributed by atoms with E-state index in [-0.39, 0.29) is 23.0 Å². The van der Waals surface area contributed by atoms with Crippen molar-refractivity contribution in [2.24, 2.45) is 5.16 Å². The lowest BCUT2D eigenvalue weighted by Crippen LogP contribution is -2.44. The maximum absolute atomic E-state index is 13.6. The quantitative estimate of drug-likeness (QED) is 0.320. The van der Waals surface area contributed by atoms with E-state index in [1.807, 2.05) is 18.2 Å². The molecule has 3 aromatic carbocycles. The van der Waals surface area contributed by atoms with Gasteiger partial charge in [-0.2, -0.15) is 5.10 Å². The number of benzene rings is 3. The number of nitrogens with zero attached hydrogens (tertiary/aromatic N) is 4. The first-order chi connectivity index (χ1) is 18.8. The average Bonchev–Trinajstić information content (AvgIpc) is 3.53. The lowest BCUT2D eigenvalue weighted by atomic mass is 9.85. The van der Waals surface area contributed by atoms with Crippen molar-refractivity contribution in [3.63, 3.8) is 0 Å². The first-order valence-corrected chi connectivity index (χ1v) is 13.4. The number of rotatable bonds is 6. The van der Waals surface area contributed by atoms with E-state index in [1.165, 1.54) is 12.1 Å². The van der Waals surface area contributed by atoms with Crippen LogP contribution in [0.5, 0.6) is 0 Å². The van der Waals surface area contributed by atoms with Gasteiger partial charge >= 0.3 is 5.97 Å². The Balaban J connectivity index is 1.20. The van der Waals surface area contributed by atoms with Crippen molar-refractivity contribution in [3.8, 4) is 11.1 Å². The molecule has 7 nitrogen and oxygen atoms in total. The number of carboxylic acid groups (broad SMARTS) is 1. The molecular weight excluding hydrogens is 495 g/mol. The van der Waals surface area contributed by atoms with Gasteiger partial charge in [-0.15, -0.1) is 0 Å². The minimum atomic E-state index is -0.939.